The van der Waals surface area contributed by atoms with Crippen LogP contribution in [0, 0.1) is 17.1 Å². The first-order valence-electron chi connectivity index (χ1n) is 13.6. The Kier molecular flexibility index (Phi) is 9.60. The number of benzene rings is 2. The molecular formula is C32H37FN4O2. The van der Waals surface area contributed by atoms with Crippen molar-refractivity contribution in [2.45, 2.75) is 51.9 Å². The number of hydrogen-bond donors (Lipinski definition) is 3. The molecule has 1 unspecified atom stereocenters. The molecule has 0 aromatic heterocycles. The number of carbonyl (C=O) groups is 1. The highest BCUT2D eigenvalue weighted by molar-refractivity contribution is 6.13. The summed E-state index contributed by atoms with van der Waals surface area (Å²) in [6, 6.07) is 10.7. The standard InChI is InChI=1S/C32H37FN4O2/c1-3-21-17-23(12-14-25(21)31(38)18-22(35)9-8-16-34)37-30-11-7-5-4-6-10-27-28(20-36-32(27)30)26-15-13-24(39-2)19-29(26)33/h4-5,11-15,17,19-20,27,35,37H,3,6-10,16,18,34H2,1-2H3/b5-4-,30-11-,35-22?. The van der Waals surface area contributed by atoms with Crippen LogP contribution in [0.1, 0.15) is 66.9 Å². The van der Waals surface area contributed by atoms with Crippen LogP contribution in [0.4, 0.5) is 10.1 Å². The molecule has 0 radical (unpaired) electrons. The van der Waals surface area contributed by atoms with Crippen molar-refractivity contribution in [2.24, 2.45) is 16.6 Å². The fourth-order valence-corrected chi connectivity index (χ4v) is 5.10. The first kappa shape index (κ1) is 28.2. The summed E-state index contributed by atoms with van der Waals surface area (Å²) >= 11 is 0. The van der Waals surface area contributed by atoms with Crippen molar-refractivity contribution in [1.29, 1.82) is 5.41 Å². The summed E-state index contributed by atoms with van der Waals surface area (Å²) in [6.07, 6.45) is 12.7. The predicted octanol–water partition coefficient (Wildman–Crippen LogP) is 6.88. The van der Waals surface area contributed by atoms with E-state index in [-0.39, 0.29) is 23.9 Å². The van der Waals surface area contributed by atoms with Crippen LogP contribution in [0.2, 0.25) is 0 Å². The van der Waals surface area contributed by atoms with Gasteiger partial charge in [0.05, 0.1) is 18.5 Å². The number of ketones is 1. The lowest BCUT2D eigenvalue weighted by molar-refractivity contribution is 0.0999. The number of aliphatic imine (C=N–C) groups is 1. The summed E-state index contributed by atoms with van der Waals surface area (Å²) in [5, 5.41) is 11.6. The van der Waals surface area contributed by atoms with Crippen LogP contribution in [0.5, 0.6) is 5.75 Å². The molecule has 4 N–H and O–H groups in total. The Labute approximate surface area is 230 Å². The van der Waals surface area contributed by atoms with E-state index in [1.54, 1.807) is 18.3 Å². The maximum absolute atomic E-state index is 15.0. The zero-order valence-corrected chi connectivity index (χ0v) is 22.7. The zero-order valence-electron chi connectivity index (χ0n) is 22.7. The topological polar surface area (TPSA) is 101 Å². The molecule has 0 bridgehead atoms. The molecule has 1 heterocycles. The number of carbonyl (C=O) groups excluding carboxylic acids is 1. The van der Waals surface area contributed by atoms with E-state index >= 15 is 4.39 Å². The van der Waals surface area contributed by atoms with Crippen molar-refractivity contribution in [1.82, 2.24) is 0 Å². The van der Waals surface area contributed by atoms with Crippen molar-refractivity contribution in [3.05, 3.63) is 89.0 Å². The lowest BCUT2D eigenvalue weighted by Crippen LogP contribution is -2.20. The maximum Gasteiger partial charge on any atom is 0.168 e. The number of anilines is 1. The second-order valence-corrected chi connectivity index (χ2v) is 9.85. The van der Waals surface area contributed by atoms with Crippen LogP contribution in [0.3, 0.4) is 0 Å². The third-order valence-electron chi connectivity index (χ3n) is 7.18. The predicted molar refractivity (Wildman–Crippen MR) is 157 cm³/mol. The molecule has 0 fully saturated rings. The first-order valence-corrected chi connectivity index (χ1v) is 13.6. The molecule has 39 heavy (non-hydrogen) atoms. The second kappa shape index (κ2) is 13.3. The fourth-order valence-electron chi connectivity index (χ4n) is 5.10. The quantitative estimate of drug-likeness (QED) is 0.168. The molecule has 1 aliphatic heterocycles. The molecule has 0 saturated carbocycles. The zero-order chi connectivity index (χ0) is 27.8. The minimum absolute atomic E-state index is 0.0391. The van der Waals surface area contributed by atoms with E-state index in [0.29, 0.717) is 48.4 Å². The number of nitrogens with one attached hydrogen (secondary N) is 2. The van der Waals surface area contributed by atoms with Crippen LogP contribution in [-0.4, -0.2) is 30.9 Å². The number of aryl methyl sites for hydroxylation is 1. The highest BCUT2D eigenvalue weighted by atomic mass is 19.1. The van der Waals surface area contributed by atoms with Crippen molar-refractivity contribution < 1.29 is 13.9 Å². The molecule has 2 aromatic carbocycles. The number of ether oxygens (including phenoxy) is 1. The summed E-state index contributed by atoms with van der Waals surface area (Å²) in [6.45, 7) is 2.54. The SMILES string of the molecule is CCc1cc(N/C2=C\C/C=C\CCC3C(c4ccc(OC)cc4F)=CN=C23)ccc1C(=O)CC(=N)CCCN. The molecule has 0 amide bonds. The Morgan fingerprint density at radius 1 is 1.23 bits per heavy atom. The van der Waals surface area contributed by atoms with E-state index in [2.05, 4.69) is 23.5 Å². The fraction of sp³-hybridized carbons (Fsp3) is 0.344. The summed E-state index contributed by atoms with van der Waals surface area (Å²) in [4.78, 5) is 17.7. The first-order chi connectivity index (χ1) is 18.9. The Hall–Kier alpha value is -3.84. The molecule has 2 aromatic rings. The largest absolute Gasteiger partial charge is 0.497 e. The number of Topliss-reactive ketones (excluding diaryl/α,β-unsaturated/α-hetero) is 1. The van der Waals surface area contributed by atoms with Gasteiger partial charge in [-0.2, -0.15) is 0 Å². The molecule has 1 atom stereocenters. The molecular weight excluding hydrogens is 491 g/mol. The maximum atomic E-state index is 15.0. The van der Waals surface area contributed by atoms with Crippen LogP contribution < -0.4 is 15.8 Å². The van der Waals surface area contributed by atoms with Crippen molar-refractivity contribution in [2.75, 3.05) is 19.0 Å². The van der Waals surface area contributed by atoms with E-state index in [4.69, 9.17) is 20.9 Å². The number of fused-ring (bicyclic) bond motifs is 1. The number of nitrogens with zero attached hydrogens (tertiary/aromatic N) is 1. The number of halogens is 1. The van der Waals surface area contributed by atoms with E-state index in [0.717, 1.165) is 47.5 Å². The van der Waals surface area contributed by atoms with E-state index in [1.807, 2.05) is 25.1 Å². The van der Waals surface area contributed by atoms with Gasteiger partial charge in [-0.25, -0.2) is 4.39 Å². The monoisotopic (exact) mass is 528 g/mol. The van der Waals surface area contributed by atoms with Crippen LogP contribution in [0.25, 0.3) is 5.57 Å². The summed E-state index contributed by atoms with van der Waals surface area (Å²) in [7, 11) is 1.53. The van der Waals surface area contributed by atoms with Crippen LogP contribution in [0.15, 0.2) is 71.5 Å². The molecule has 1 aliphatic carbocycles. The third-order valence-corrected chi connectivity index (χ3v) is 7.18. The molecule has 6 nitrogen and oxygen atoms in total. The number of rotatable bonds is 11. The van der Waals surface area contributed by atoms with Gasteiger partial charge < -0.3 is 21.2 Å². The average molecular weight is 529 g/mol. The average Bonchev–Trinajstić information content (AvgIpc) is 3.38. The Morgan fingerprint density at radius 2 is 2.08 bits per heavy atom. The third kappa shape index (κ3) is 6.79. The summed E-state index contributed by atoms with van der Waals surface area (Å²) in [5.74, 6) is 0.0647. The van der Waals surface area contributed by atoms with Crippen molar-refractivity contribution in [3.8, 4) is 5.75 Å². The molecule has 7 heteroatoms. The van der Waals surface area contributed by atoms with Gasteiger partial charge in [0.15, 0.2) is 5.78 Å². The highest BCUT2D eigenvalue weighted by Gasteiger charge is 2.30. The van der Waals surface area contributed by atoms with E-state index in [1.165, 1.54) is 13.2 Å². The Morgan fingerprint density at radius 3 is 2.82 bits per heavy atom. The van der Waals surface area contributed by atoms with Gasteiger partial charge in [-0.3, -0.25) is 9.79 Å². The number of nitrogens with two attached hydrogens (primary N) is 1. The minimum Gasteiger partial charge on any atom is -0.497 e. The molecule has 0 spiro atoms. The number of hydrogen-bond acceptors (Lipinski definition) is 6. The van der Waals surface area contributed by atoms with Gasteiger partial charge in [-0.05, 0) is 86.5 Å². The summed E-state index contributed by atoms with van der Waals surface area (Å²) in [5.41, 5.74) is 11.6. The van der Waals surface area contributed by atoms with Crippen LogP contribution in [-0.2, 0) is 6.42 Å². The Bertz CT molecular complexity index is 1360. The lowest BCUT2D eigenvalue weighted by atomic mass is 9.86. The van der Waals surface area contributed by atoms with E-state index < -0.39 is 0 Å². The molecule has 0 saturated heterocycles. The van der Waals surface area contributed by atoms with Gasteiger partial charge in [0, 0.05) is 47.1 Å². The van der Waals surface area contributed by atoms with Gasteiger partial charge in [0.2, 0.25) is 0 Å². The highest BCUT2D eigenvalue weighted by Crippen LogP contribution is 2.38. The van der Waals surface area contributed by atoms with Gasteiger partial charge in [-0.1, -0.05) is 25.2 Å². The lowest BCUT2D eigenvalue weighted by Gasteiger charge is -2.21. The van der Waals surface area contributed by atoms with E-state index in [9.17, 15) is 4.79 Å². The Balaban J connectivity index is 1.56. The van der Waals surface area contributed by atoms with Gasteiger partial charge in [0.25, 0.3) is 0 Å². The smallest absolute Gasteiger partial charge is 0.168 e. The normalized spacial score (nSPS) is 18.9. The van der Waals surface area contributed by atoms with Gasteiger partial charge >= 0.3 is 0 Å². The minimum atomic E-state index is -0.324. The second-order valence-electron chi connectivity index (χ2n) is 9.85. The van der Waals surface area contributed by atoms with Crippen molar-refractivity contribution >= 4 is 28.5 Å². The van der Waals surface area contributed by atoms with Crippen LogP contribution >= 0.6 is 0 Å². The van der Waals surface area contributed by atoms with Gasteiger partial charge in [-0.15, -0.1) is 0 Å². The van der Waals surface area contributed by atoms with Gasteiger partial charge in [0.1, 0.15) is 11.6 Å². The number of methoxy groups -OCH3 is 1. The molecule has 204 valence electrons. The van der Waals surface area contributed by atoms with Crippen molar-refractivity contribution in [3.63, 3.8) is 0 Å². The summed E-state index contributed by atoms with van der Waals surface area (Å²) < 4.78 is 20.2. The molecule has 4 rings (SSSR count). The number of allylic oxidation sites excluding steroid dienone is 5. The molecule has 2 aliphatic rings.